The number of nitrogens with one attached hydrogen (secondary N) is 2. The van der Waals surface area contributed by atoms with Crippen LogP contribution in [-0.4, -0.2) is 10.9 Å². The number of aryl methyl sites for hydroxylation is 1. The van der Waals surface area contributed by atoms with Crippen molar-refractivity contribution in [3.8, 4) is 0 Å². The first kappa shape index (κ1) is 14.4. The van der Waals surface area contributed by atoms with Crippen LogP contribution in [0, 0.1) is 6.92 Å². The number of benzene rings is 2. The second-order valence-electron chi connectivity index (χ2n) is 4.95. The molecule has 1 heterocycles. The summed E-state index contributed by atoms with van der Waals surface area (Å²) >= 11 is 5.82. The maximum atomic E-state index is 12.2. The number of anilines is 1. The highest BCUT2D eigenvalue weighted by atomic mass is 35.5. The Balaban J connectivity index is 1.74. The van der Waals surface area contributed by atoms with Crippen LogP contribution in [0.25, 0.3) is 10.9 Å². The van der Waals surface area contributed by atoms with Crippen LogP contribution in [0.4, 0.5) is 5.69 Å². The number of pyridine rings is 1. The number of hydrazine groups is 1. The van der Waals surface area contributed by atoms with E-state index in [2.05, 4.69) is 15.8 Å². The third-order valence-electron chi connectivity index (χ3n) is 3.26. The predicted octanol–water partition coefficient (Wildman–Crippen LogP) is 3.95. The van der Waals surface area contributed by atoms with E-state index in [1.807, 2.05) is 31.2 Å². The number of halogens is 1. The van der Waals surface area contributed by atoms with E-state index in [0.717, 1.165) is 22.3 Å². The number of hydrogen-bond acceptors (Lipinski definition) is 3. The van der Waals surface area contributed by atoms with E-state index in [-0.39, 0.29) is 5.91 Å². The molecule has 0 saturated carbocycles. The number of nitrogens with zero attached hydrogens (tertiary/aromatic N) is 1. The average molecular weight is 312 g/mol. The van der Waals surface area contributed by atoms with Crippen LogP contribution < -0.4 is 10.9 Å². The van der Waals surface area contributed by atoms with Gasteiger partial charge in [0.15, 0.2) is 0 Å². The molecule has 0 aliphatic heterocycles. The molecule has 110 valence electrons. The Bertz CT molecular complexity index is 831. The van der Waals surface area contributed by atoms with E-state index in [9.17, 15) is 4.79 Å². The zero-order valence-electron chi connectivity index (χ0n) is 11.9. The summed E-state index contributed by atoms with van der Waals surface area (Å²) in [6.07, 6.45) is 0. The summed E-state index contributed by atoms with van der Waals surface area (Å²) in [5.41, 5.74) is 8.67. The number of amides is 1. The van der Waals surface area contributed by atoms with E-state index in [1.165, 1.54) is 0 Å². The summed E-state index contributed by atoms with van der Waals surface area (Å²) in [6, 6.07) is 16.4. The van der Waals surface area contributed by atoms with E-state index in [0.29, 0.717) is 10.6 Å². The molecule has 4 nitrogen and oxygen atoms in total. The molecule has 5 heteroatoms. The molecule has 3 rings (SSSR count). The molecule has 0 unspecified atom stereocenters. The summed E-state index contributed by atoms with van der Waals surface area (Å²) in [7, 11) is 0. The van der Waals surface area contributed by atoms with Crippen molar-refractivity contribution in [2.24, 2.45) is 0 Å². The van der Waals surface area contributed by atoms with Crippen LogP contribution >= 0.6 is 11.6 Å². The van der Waals surface area contributed by atoms with Gasteiger partial charge in [-0.1, -0.05) is 17.7 Å². The first-order valence-corrected chi connectivity index (χ1v) is 7.19. The van der Waals surface area contributed by atoms with Crippen molar-refractivity contribution in [2.75, 3.05) is 5.43 Å². The van der Waals surface area contributed by atoms with Crippen LogP contribution in [0.1, 0.15) is 16.1 Å². The lowest BCUT2D eigenvalue weighted by molar-refractivity contribution is 0.0963. The molecule has 0 saturated heterocycles. The van der Waals surface area contributed by atoms with Gasteiger partial charge >= 0.3 is 0 Å². The zero-order valence-corrected chi connectivity index (χ0v) is 12.7. The molecular formula is C17H14ClN3O. The van der Waals surface area contributed by atoms with Gasteiger partial charge < -0.3 is 0 Å². The number of aromatic nitrogens is 1. The van der Waals surface area contributed by atoms with Crippen LogP contribution in [0.15, 0.2) is 54.6 Å². The SMILES string of the molecule is Cc1ccc2cc(C(=O)NNc3ccc(Cl)cc3)ccc2n1. The second-order valence-corrected chi connectivity index (χ2v) is 5.38. The molecule has 0 aliphatic rings. The minimum absolute atomic E-state index is 0.211. The van der Waals surface area contributed by atoms with Gasteiger partial charge in [0.25, 0.3) is 5.91 Å². The summed E-state index contributed by atoms with van der Waals surface area (Å²) in [4.78, 5) is 16.6. The van der Waals surface area contributed by atoms with Crippen LogP contribution in [0.5, 0.6) is 0 Å². The fourth-order valence-electron chi connectivity index (χ4n) is 2.10. The topological polar surface area (TPSA) is 54.0 Å². The Kier molecular flexibility index (Phi) is 3.94. The maximum Gasteiger partial charge on any atom is 0.269 e. The Morgan fingerprint density at radius 1 is 1.05 bits per heavy atom. The lowest BCUT2D eigenvalue weighted by atomic mass is 10.1. The highest BCUT2D eigenvalue weighted by molar-refractivity contribution is 6.30. The average Bonchev–Trinajstić information content (AvgIpc) is 2.53. The zero-order chi connectivity index (χ0) is 15.5. The van der Waals surface area contributed by atoms with Gasteiger partial charge in [0.05, 0.1) is 11.2 Å². The molecular weight excluding hydrogens is 298 g/mol. The maximum absolute atomic E-state index is 12.2. The predicted molar refractivity (Wildman–Crippen MR) is 89.0 cm³/mol. The number of carbonyl (C=O) groups excluding carboxylic acids is 1. The largest absolute Gasteiger partial charge is 0.298 e. The van der Waals surface area contributed by atoms with Gasteiger partial charge in [0, 0.05) is 21.7 Å². The van der Waals surface area contributed by atoms with Crippen molar-refractivity contribution in [1.29, 1.82) is 0 Å². The standard InChI is InChI=1S/C17H14ClN3O/c1-11-2-3-12-10-13(4-9-16(12)19-11)17(22)21-20-15-7-5-14(18)6-8-15/h2-10,20H,1H3,(H,21,22). The lowest BCUT2D eigenvalue weighted by Crippen LogP contribution is -2.29. The molecule has 0 atom stereocenters. The molecule has 0 fully saturated rings. The molecule has 1 aromatic heterocycles. The molecule has 0 aliphatic carbocycles. The van der Waals surface area contributed by atoms with Gasteiger partial charge in [0.1, 0.15) is 0 Å². The normalized spacial score (nSPS) is 10.5. The smallest absolute Gasteiger partial charge is 0.269 e. The van der Waals surface area contributed by atoms with Crippen LogP contribution in [-0.2, 0) is 0 Å². The lowest BCUT2D eigenvalue weighted by Gasteiger charge is -2.09. The van der Waals surface area contributed by atoms with Crippen molar-refractivity contribution in [3.05, 3.63) is 70.9 Å². The minimum Gasteiger partial charge on any atom is -0.298 e. The van der Waals surface area contributed by atoms with Gasteiger partial charge in [-0.2, -0.15) is 0 Å². The number of fused-ring (bicyclic) bond motifs is 1. The Labute approximate surface area is 133 Å². The second kappa shape index (κ2) is 6.03. The fraction of sp³-hybridized carbons (Fsp3) is 0.0588. The molecule has 0 bridgehead atoms. The summed E-state index contributed by atoms with van der Waals surface area (Å²) < 4.78 is 0. The van der Waals surface area contributed by atoms with E-state index in [1.54, 1.807) is 30.3 Å². The van der Waals surface area contributed by atoms with Crippen molar-refractivity contribution in [2.45, 2.75) is 6.92 Å². The highest BCUT2D eigenvalue weighted by Crippen LogP contribution is 2.15. The third kappa shape index (κ3) is 3.18. The summed E-state index contributed by atoms with van der Waals surface area (Å²) in [6.45, 7) is 1.94. The molecule has 2 N–H and O–H groups in total. The van der Waals surface area contributed by atoms with Crippen molar-refractivity contribution >= 4 is 34.1 Å². The monoisotopic (exact) mass is 311 g/mol. The van der Waals surface area contributed by atoms with Crippen LogP contribution in [0.2, 0.25) is 5.02 Å². The van der Waals surface area contributed by atoms with E-state index < -0.39 is 0 Å². The Morgan fingerprint density at radius 3 is 2.59 bits per heavy atom. The summed E-state index contributed by atoms with van der Waals surface area (Å²) in [5, 5.41) is 1.58. The highest BCUT2D eigenvalue weighted by Gasteiger charge is 2.06. The third-order valence-corrected chi connectivity index (χ3v) is 3.51. The van der Waals surface area contributed by atoms with E-state index in [4.69, 9.17) is 11.6 Å². The Hall–Kier alpha value is -2.59. The fourth-order valence-corrected chi connectivity index (χ4v) is 2.23. The number of carbonyl (C=O) groups is 1. The Morgan fingerprint density at radius 2 is 1.82 bits per heavy atom. The summed E-state index contributed by atoms with van der Waals surface area (Å²) in [5.74, 6) is -0.211. The van der Waals surface area contributed by atoms with Gasteiger partial charge in [-0.25, -0.2) is 0 Å². The van der Waals surface area contributed by atoms with Gasteiger partial charge in [0.2, 0.25) is 0 Å². The molecule has 2 aromatic carbocycles. The molecule has 0 spiro atoms. The number of hydrogen-bond donors (Lipinski definition) is 2. The van der Waals surface area contributed by atoms with Crippen molar-refractivity contribution in [3.63, 3.8) is 0 Å². The quantitative estimate of drug-likeness (QED) is 0.720. The number of rotatable bonds is 3. The van der Waals surface area contributed by atoms with Gasteiger partial charge in [-0.05, 0) is 55.5 Å². The van der Waals surface area contributed by atoms with Crippen LogP contribution in [0.3, 0.4) is 0 Å². The molecule has 22 heavy (non-hydrogen) atoms. The molecule has 3 aromatic rings. The molecule has 0 radical (unpaired) electrons. The van der Waals surface area contributed by atoms with Crippen molar-refractivity contribution in [1.82, 2.24) is 10.4 Å². The van der Waals surface area contributed by atoms with Gasteiger partial charge in [-0.15, -0.1) is 0 Å². The minimum atomic E-state index is -0.211. The molecule has 1 amide bonds. The first-order valence-electron chi connectivity index (χ1n) is 6.81. The first-order chi connectivity index (χ1) is 10.6. The van der Waals surface area contributed by atoms with E-state index >= 15 is 0 Å². The van der Waals surface area contributed by atoms with Gasteiger partial charge in [-0.3, -0.25) is 20.6 Å². The van der Waals surface area contributed by atoms with Crippen molar-refractivity contribution < 1.29 is 4.79 Å².